The smallest absolute Gasteiger partial charge is 0.324 e. The van der Waals surface area contributed by atoms with Crippen LogP contribution < -0.4 is 10.2 Å². The molecule has 1 unspecified atom stereocenters. The number of methoxy groups -OCH3 is 1. The van der Waals surface area contributed by atoms with Crippen molar-refractivity contribution >= 4 is 11.7 Å². The van der Waals surface area contributed by atoms with Crippen LogP contribution in [0.15, 0.2) is 24.3 Å². The van der Waals surface area contributed by atoms with E-state index in [0.717, 1.165) is 25.9 Å². The molecule has 110 valence electrons. The number of hydrogen-bond acceptors (Lipinski definition) is 4. The van der Waals surface area contributed by atoms with Crippen molar-refractivity contribution in [2.75, 3.05) is 31.6 Å². The van der Waals surface area contributed by atoms with Gasteiger partial charge in [0, 0.05) is 18.8 Å². The largest absolute Gasteiger partial charge is 0.468 e. The van der Waals surface area contributed by atoms with Gasteiger partial charge in [0.25, 0.3) is 0 Å². The Kier molecular flexibility index (Phi) is 5.41. The molecular formula is C16H24N2O2. The van der Waals surface area contributed by atoms with Crippen LogP contribution in [0.1, 0.15) is 25.3 Å². The Hall–Kier alpha value is -1.55. The average Bonchev–Trinajstić information content (AvgIpc) is 2.68. The molecule has 0 saturated carbocycles. The summed E-state index contributed by atoms with van der Waals surface area (Å²) >= 11 is 0. The highest BCUT2D eigenvalue weighted by molar-refractivity contribution is 5.76. The van der Waals surface area contributed by atoms with Gasteiger partial charge in [-0.15, -0.1) is 0 Å². The van der Waals surface area contributed by atoms with E-state index in [9.17, 15) is 4.79 Å². The van der Waals surface area contributed by atoms with Crippen molar-refractivity contribution in [3.05, 3.63) is 29.8 Å². The molecule has 1 atom stereocenters. The molecule has 1 heterocycles. The number of benzene rings is 1. The van der Waals surface area contributed by atoms with Crippen LogP contribution in [0, 0.1) is 0 Å². The molecule has 0 bridgehead atoms. The van der Waals surface area contributed by atoms with Gasteiger partial charge in [0.1, 0.15) is 6.04 Å². The maximum atomic E-state index is 11.9. The molecule has 20 heavy (non-hydrogen) atoms. The van der Waals surface area contributed by atoms with Crippen LogP contribution >= 0.6 is 0 Å². The second-order valence-electron chi connectivity index (χ2n) is 5.17. The molecule has 4 heteroatoms. The topological polar surface area (TPSA) is 41.6 Å². The fourth-order valence-electron chi connectivity index (χ4n) is 2.79. The second-order valence-corrected chi connectivity index (χ2v) is 5.17. The predicted molar refractivity (Wildman–Crippen MR) is 81.1 cm³/mol. The van der Waals surface area contributed by atoms with E-state index >= 15 is 0 Å². The Morgan fingerprint density at radius 1 is 1.40 bits per heavy atom. The van der Waals surface area contributed by atoms with Gasteiger partial charge in [-0.1, -0.05) is 25.1 Å². The van der Waals surface area contributed by atoms with Crippen molar-refractivity contribution in [3.8, 4) is 0 Å². The van der Waals surface area contributed by atoms with Gasteiger partial charge < -0.3 is 15.0 Å². The number of hydrogen-bond donors (Lipinski definition) is 1. The van der Waals surface area contributed by atoms with Crippen LogP contribution in [0.5, 0.6) is 0 Å². The van der Waals surface area contributed by atoms with Gasteiger partial charge in [-0.3, -0.25) is 4.79 Å². The molecule has 0 aliphatic carbocycles. The highest BCUT2D eigenvalue weighted by Crippen LogP contribution is 2.26. The number of nitrogens with one attached hydrogen (secondary N) is 1. The highest BCUT2D eigenvalue weighted by Gasteiger charge is 2.23. The molecule has 1 N–H and O–H groups in total. The van der Waals surface area contributed by atoms with Crippen LogP contribution in [0.3, 0.4) is 0 Å². The van der Waals surface area contributed by atoms with E-state index in [4.69, 9.17) is 4.74 Å². The summed E-state index contributed by atoms with van der Waals surface area (Å²) in [7, 11) is 1.45. The lowest BCUT2D eigenvalue weighted by Crippen LogP contribution is -2.47. The third-order valence-corrected chi connectivity index (χ3v) is 3.80. The van der Waals surface area contributed by atoms with Crippen LogP contribution in [0.2, 0.25) is 0 Å². The van der Waals surface area contributed by atoms with Crippen LogP contribution in [0.4, 0.5) is 5.69 Å². The van der Waals surface area contributed by atoms with E-state index in [-0.39, 0.29) is 12.0 Å². The quantitative estimate of drug-likeness (QED) is 0.835. The van der Waals surface area contributed by atoms with Crippen LogP contribution in [-0.2, 0) is 16.0 Å². The van der Waals surface area contributed by atoms with Crippen molar-refractivity contribution in [2.24, 2.45) is 0 Å². The highest BCUT2D eigenvalue weighted by atomic mass is 16.5. The summed E-state index contributed by atoms with van der Waals surface area (Å²) < 4.78 is 4.90. The Balaban J connectivity index is 2.16. The molecule has 1 aromatic carbocycles. The number of esters is 1. The number of anilines is 1. The first kappa shape index (κ1) is 14.9. The number of fused-ring (bicyclic) bond motifs is 1. The number of aryl methyl sites for hydroxylation is 1. The van der Waals surface area contributed by atoms with E-state index < -0.39 is 0 Å². The zero-order valence-electron chi connectivity index (χ0n) is 12.4. The molecule has 1 aromatic rings. The van der Waals surface area contributed by atoms with Crippen molar-refractivity contribution in [2.45, 2.75) is 32.2 Å². The maximum Gasteiger partial charge on any atom is 0.324 e. The number of carbonyl (C=O) groups is 1. The van der Waals surface area contributed by atoms with Crippen molar-refractivity contribution in [3.63, 3.8) is 0 Å². The van der Waals surface area contributed by atoms with E-state index in [2.05, 4.69) is 34.5 Å². The lowest BCUT2D eigenvalue weighted by molar-refractivity contribution is -0.142. The van der Waals surface area contributed by atoms with Crippen molar-refractivity contribution in [1.82, 2.24) is 5.32 Å². The first-order chi connectivity index (χ1) is 9.76. The normalized spacial score (nSPS) is 16.2. The first-order valence-corrected chi connectivity index (χ1v) is 7.40. The Morgan fingerprint density at radius 3 is 2.95 bits per heavy atom. The Morgan fingerprint density at radius 2 is 2.20 bits per heavy atom. The summed E-state index contributed by atoms with van der Waals surface area (Å²) in [4.78, 5) is 14.2. The lowest BCUT2D eigenvalue weighted by Gasteiger charge is -2.28. The molecule has 0 saturated heterocycles. The molecule has 2 rings (SSSR count). The minimum absolute atomic E-state index is 0.187. The van der Waals surface area contributed by atoms with Gasteiger partial charge in [-0.25, -0.2) is 0 Å². The predicted octanol–water partition coefficient (Wildman–Crippen LogP) is 1.98. The minimum Gasteiger partial charge on any atom is -0.468 e. The number of carbonyl (C=O) groups excluding carboxylic acids is 1. The third-order valence-electron chi connectivity index (χ3n) is 3.80. The fourth-order valence-corrected chi connectivity index (χ4v) is 2.79. The summed E-state index contributed by atoms with van der Waals surface area (Å²) in [6, 6.07) is 8.23. The third kappa shape index (κ3) is 3.51. The molecule has 1 aliphatic rings. The molecule has 1 aliphatic heterocycles. The Labute approximate surface area is 121 Å². The number of ether oxygens (including phenoxy) is 1. The van der Waals surface area contributed by atoms with Gasteiger partial charge >= 0.3 is 5.97 Å². The van der Waals surface area contributed by atoms with Gasteiger partial charge in [0.2, 0.25) is 0 Å². The fraction of sp³-hybridized carbons (Fsp3) is 0.562. The van der Waals surface area contributed by atoms with Crippen LogP contribution in [0.25, 0.3) is 0 Å². The van der Waals surface area contributed by atoms with E-state index in [1.807, 2.05) is 6.92 Å². The van der Waals surface area contributed by atoms with Gasteiger partial charge in [0.15, 0.2) is 0 Å². The summed E-state index contributed by atoms with van der Waals surface area (Å²) in [5.41, 5.74) is 2.64. The summed E-state index contributed by atoms with van der Waals surface area (Å²) in [6.07, 6.45) is 3.49. The first-order valence-electron chi connectivity index (χ1n) is 7.40. The van der Waals surface area contributed by atoms with E-state index in [1.54, 1.807) is 0 Å². The minimum atomic E-state index is -0.267. The number of rotatable bonds is 5. The molecule has 0 fully saturated rings. The van der Waals surface area contributed by atoms with Crippen molar-refractivity contribution < 1.29 is 9.53 Å². The van der Waals surface area contributed by atoms with E-state index in [0.29, 0.717) is 6.54 Å². The van der Waals surface area contributed by atoms with E-state index in [1.165, 1.54) is 24.8 Å². The molecule has 0 aromatic heterocycles. The van der Waals surface area contributed by atoms with Crippen LogP contribution in [-0.4, -0.2) is 38.8 Å². The maximum absolute atomic E-state index is 11.9. The summed E-state index contributed by atoms with van der Waals surface area (Å²) in [6.45, 7) is 4.43. The molecule has 4 nitrogen and oxygen atoms in total. The monoisotopic (exact) mass is 276 g/mol. The molecule has 0 radical (unpaired) electrons. The molecular weight excluding hydrogens is 252 g/mol. The SMILES string of the molecule is CCNC(CN1CCCCc2ccccc21)C(=O)OC. The molecule has 0 spiro atoms. The summed E-state index contributed by atoms with van der Waals surface area (Å²) in [5, 5.41) is 3.22. The second kappa shape index (κ2) is 7.29. The standard InChI is InChI=1S/C16H24N2O2/c1-3-17-14(16(19)20-2)12-18-11-7-6-9-13-8-4-5-10-15(13)18/h4-5,8,10,14,17H,3,6-7,9,11-12H2,1-2H3. The van der Waals surface area contributed by atoms with Crippen molar-refractivity contribution in [1.29, 1.82) is 0 Å². The van der Waals surface area contributed by atoms with Gasteiger partial charge in [-0.05, 0) is 37.4 Å². The number of nitrogens with zero attached hydrogens (tertiary/aromatic N) is 1. The zero-order valence-corrected chi connectivity index (χ0v) is 12.4. The lowest BCUT2D eigenvalue weighted by atomic mass is 10.1. The zero-order chi connectivity index (χ0) is 14.4. The Bertz CT molecular complexity index is 448. The number of likely N-dealkylation sites (N-methyl/N-ethyl adjacent to an activating group) is 1. The summed E-state index contributed by atoms with van der Waals surface area (Å²) in [5.74, 6) is -0.187. The average molecular weight is 276 g/mol. The molecule has 0 amide bonds. The number of para-hydroxylation sites is 1. The van der Waals surface area contributed by atoms with Gasteiger partial charge in [0.05, 0.1) is 7.11 Å². The van der Waals surface area contributed by atoms with Gasteiger partial charge in [-0.2, -0.15) is 0 Å².